The molecule has 322 valence electrons. The highest BCUT2D eigenvalue weighted by Crippen LogP contribution is 2.35. The minimum atomic E-state index is -4.17. The number of nitrogens with one attached hydrogen (secondary N) is 3. The maximum absolute atomic E-state index is 12.9. The largest absolute Gasteiger partial charge is 0.463 e. The van der Waals surface area contributed by atoms with Gasteiger partial charge in [-0.25, -0.2) is 8.42 Å². The van der Waals surface area contributed by atoms with Crippen LogP contribution in [0.15, 0.2) is 29.2 Å². The van der Waals surface area contributed by atoms with Crippen LogP contribution in [0.25, 0.3) is 0 Å². The van der Waals surface area contributed by atoms with Crippen LogP contribution in [-0.2, 0) is 91.0 Å². The van der Waals surface area contributed by atoms with Gasteiger partial charge in [0.2, 0.25) is 0 Å². The Morgan fingerprint density at radius 3 is 1.52 bits per heavy atom. The Kier molecular flexibility index (Phi) is 17.3. The third-order valence-corrected chi connectivity index (χ3v) is 9.32. The Bertz CT molecular complexity index is 1810. The predicted octanol–water partition coefficient (Wildman–Crippen LogP) is -0.728. The number of benzene rings is 1. The van der Waals surface area contributed by atoms with E-state index in [2.05, 4.69) is 15.6 Å². The molecule has 0 aromatic heterocycles. The highest BCUT2D eigenvalue weighted by atomic mass is 32.2. The molecular weight excluding hydrogens is 819 g/mol. The van der Waals surface area contributed by atoms with Crippen molar-refractivity contribution < 1.29 is 89.3 Å². The Hall–Kier alpha value is -5.01. The fraction of sp³-hybridized carbons (Fsp3) is 0.588. The molecule has 0 bridgehead atoms. The molecule has 2 heterocycles. The molecule has 24 heteroatoms. The van der Waals surface area contributed by atoms with Crippen LogP contribution in [0.1, 0.15) is 54.0 Å². The average Bonchev–Trinajstić information content (AvgIpc) is 3.09. The molecule has 22 nitrogen and oxygen atoms in total. The Morgan fingerprint density at radius 1 is 0.603 bits per heavy atom. The average molecular weight is 864 g/mol. The van der Waals surface area contributed by atoms with Gasteiger partial charge in [0, 0.05) is 48.5 Å². The van der Waals surface area contributed by atoms with Gasteiger partial charge < -0.3 is 52.7 Å². The molecule has 1 aromatic rings. The number of thiocarbonyl (C=S) groups is 1. The molecule has 2 aliphatic heterocycles. The van der Waals surface area contributed by atoms with Gasteiger partial charge in [-0.1, -0.05) is 17.7 Å². The topological polar surface area (TPSA) is 282 Å². The molecule has 2 aliphatic rings. The van der Waals surface area contributed by atoms with Gasteiger partial charge in [0.15, 0.2) is 48.2 Å². The number of hydrazine groups is 1. The molecule has 2 fully saturated rings. The number of sulfonamides is 1. The molecule has 1 unspecified atom stereocenters. The van der Waals surface area contributed by atoms with Gasteiger partial charge >= 0.3 is 41.8 Å². The van der Waals surface area contributed by atoms with Crippen molar-refractivity contribution in [1.82, 2.24) is 15.6 Å². The Morgan fingerprint density at radius 2 is 1.03 bits per heavy atom. The molecule has 0 amide bonds. The third-order valence-electron chi connectivity index (χ3n) is 7.83. The first-order chi connectivity index (χ1) is 27.1. The van der Waals surface area contributed by atoms with Crippen LogP contribution in [-0.4, -0.2) is 130 Å². The minimum absolute atomic E-state index is 0.112. The Labute approximate surface area is 338 Å². The predicted molar refractivity (Wildman–Crippen MR) is 194 cm³/mol. The number of carbonyl (C=O) groups excluding carboxylic acids is 7. The molecule has 10 atom stereocenters. The van der Waals surface area contributed by atoms with E-state index in [9.17, 15) is 42.0 Å². The first kappa shape index (κ1) is 47.4. The summed E-state index contributed by atoms with van der Waals surface area (Å²) in [6.07, 6.45) is -16.6. The normalized spacial score (nSPS) is 26.8. The highest BCUT2D eigenvalue weighted by molar-refractivity contribution is 7.89. The second-order valence-electron chi connectivity index (χ2n) is 12.7. The van der Waals surface area contributed by atoms with Gasteiger partial charge in [0.25, 0.3) is 10.0 Å². The molecule has 3 rings (SSSR count). The summed E-state index contributed by atoms with van der Waals surface area (Å²) in [5, 5.41) is 2.19. The molecule has 58 heavy (non-hydrogen) atoms. The zero-order valence-electron chi connectivity index (χ0n) is 32.6. The summed E-state index contributed by atoms with van der Waals surface area (Å²) in [4.78, 5) is 88.0. The first-order valence-corrected chi connectivity index (χ1v) is 19.2. The van der Waals surface area contributed by atoms with Gasteiger partial charge in [0.1, 0.15) is 31.5 Å². The molecule has 0 spiro atoms. The zero-order valence-corrected chi connectivity index (χ0v) is 34.2. The number of hydrogen-bond donors (Lipinski definition) is 3. The zero-order chi connectivity index (χ0) is 43.5. The van der Waals surface area contributed by atoms with Crippen LogP contribution in [0, 0.1) is 6.92 Å². The highest BCUT2D eigenvalue weighted by Gasteiger charge is 2.57. The monoisotopic (exact) mass is 863 g/mol. The fourth-order valence-corrected chi connectivity index (χ4v) is 6.76. The first-order valence-electron chi connectivity index (χ1n) is 17.3. The van der Waals surface area contributed by atoms with E-state index in [-0.39, 0.29) is 4.90 Å². The van der Waals surface area contributed by atoms with E-state index >= 15 is 0 Å². The van der Waals surface area contributed by atoms with E-state index in [1.165, 1.54) is 12.1 Å². The van der Waals surface area contributed by atoms with Crippen LogP contribution < -0.4 is 15.6 Å². The van der Waals surface area contributed by atoms with Gasteiger partial charge in [-0.05, 0) is 31.3 Å². The van der Waals surface area contributed by atoms with Gasteiger partial charge in [-0.3, -0.25) is 39.0 Å². The lowest BCUT2D eigenvalue weighted by atomic mass is 9.95. The summed E-state index contributed by atoms with van der Waals surface area (Å²) in [6, 6.07) is 5.85. The van der Waals surface area contributed by atoms with Gasteiger partial charge in [-0.15, -0.1) is 4.83 Å². The fourth-order valence-electron chi connectivity index (χ4n) is 5.68. The summed E-state index contributed by atoms with van der Waals surface area (Å²) in [5.41, 5.74) is 3.10. The third kappa shape index (κ3) is 14.1. The molecule has 3 N–H and O–H groups in total. The Balaban J connectivity index is 2.09. The van der Waals surface area contributed by atoms with Gasteiger partial charge in [-0.2, -0.15) is 0 Å². The SMILES string of the molecule is CC(=O)OC[C@H]1O[C@H](O[C@H]2[C@H](OC(C)=O)[C@@H](OC(C)=O)C(NC(=S)NNS(=O)(=O)c3ccc(C)cc3)O[C@@H]2COC(C)=O)[C@H](OC(C)=O)[C@@H](OC(C)=O)[C@@H]1OC(C)=O. The molecule has 1 aromatic carbocycles. The van der Waals surface area contributed by atoms with E-state index in [0.29, 0.717) is 0 Å². The number of carbonyl (C=O) groups is 7. The van der Waals surface area contributed by atoms with Crippen molar-refractivity contribution in [3.63, 3.8) is 0 Å². The summed E-state index contributed by atoms with van der Waals surface area (Å²) >= 11 is 5.30. The summed E-state index contributed by atoms with van der Waals surface area (Å²) in [7, 11) is -4.17. The van der Waals surface area contributed by atoms with E-state index in [1.54, 1.807) is 19.1 Å². The molecule has 2 saturated heterocycles. The lowest BCUT2D eigenvalue weighted by molar-refractivity contribution is -0.345. The van der Waals surface area contributed by atoms with Crippen molar-refractivity contribution in [2.75, 3.05) is 13.2 Å². The van der Waals surface area contributed by atoms with Crippen LogP contribution in [0.5, 0.6) is 0 Å². The van der Waals surface area contributed by atoms with Crippen LogP contribution in [0.4, 0.5) is 0 Å². The van der Waals surface area contributed by atoms with E-state index < -0.39 is 131 Å². The number of aryl methyl sites for hydroxylation is 1. The number of ether oxygens (including phenoxy) is 10. The number of esters is 7. The summed E-state index contributed by atoms with van der Waals surface area (Å²) in [6.45, 7) is 7.67. The van der Waals surface area contributed by atoms with Crippen molar-refractivity contribution >= 4 is 69.1 Å². The van der Waals surface area contributed by atoms with Crippen molar-refractivity contribution in [1.29, 1.82) is 0 Å². The van der Waals surface area contributed by atoms with E-state index in [4.69, 9.17) is 59.6 Å². The van der Waals surface area contributed by atoms with Crippen molar-refractivity contribution in [2.24, 2.45) is 0 Å². The van der Waals surface area contributed by atoms with Crippen molar-refractivity contribution in [2.45, 2.75) is 122 Å². The molecule has 0 saturated carbocycles. The summed E-state index contributed by atoms with van der Waals surface area (Å²) < 4.78 is 82.0. The number of rotatable bonds is 15. The second kappa shape index (κ2) is 21.1. The van der Waals surface area contributed by atoms with Crippen LogP contribution in [0.3, 0.4) is 0 Å². The van der Waals surface area contributed by atoms with Crippen LogP contribution in [0.2, 0.25) is 0 Å². The molecule has 0 radical (unpaired) electrons. The summed E-state index contributed by atoms with van der Waals surface area (Å²) in [5.74, 6) is -6.30. The molecule has 0 aliphatic carbocycles. The quantitative estimate of drug-likeness (QED) is 0.0848. The van der Waals surface area contributed by atoms with Gasteiger partial charge in [0.05, 0.1) is 4.90 Å². The maximum atomic E-state index is 12.9. The smallest absolute Gasteiger partial charge is 0.303 e. The van der Waals surface area contributed by atoms with E-state index in [0.717, 1.165) is 54.0 Å². The minimum Gasteiger partial charge on any atom is -0.463 e. The van der Waals surface area contributed by atoms with Crippen molar-refractivity contribution in [3.05, 3.63) is 29.8 Å². The van der Waals surface area contributed by atoms with Crippen molar-refractivity contribution in [3.8, 4) is 0 Å². The molecular formula is C34H45N3O19S2. The second-order valence-corrected chi connectivity index (χ2v) is 14.8. The standard InChI is InChI=1S/C34H45N3O19S2/c1-15-9-11-23(12-10-15)58(45,46)37-36-34(57)35-32-30(52-21(7)43)28(50-19(5)41)27(24(54-32)13-47-16(2)38)56-33-31(53-22(8)44)29(51-20(6)42)26(49-18(4)40)25(55-33)14-48-17(3)39/h9-12,24-33,37H,13-14H2,1-8H3,(H2,35,36,57)/t24-,25-,26-,27-,28+,29+,30-,31-,32?,33-/m1/s1. The number of hydrogen-bond acceptors (Lipinski definition) is 20. The lowest BCUT2D eigenvalue weighted by Crippen LogP contribution is -2.69. The van der Waals surface area contributed by atoms with E-state index in [1.807, 2.05) is 0 Å². The lowest BCUT2D eigenvalue weighted by Gasteiger charge is -2.49. The maximum Gasteiger partial charge on any atom is 0.303 e. The van der Waals surface area contributed by atoms with Crippen LogP contribution >= 0.6 is 12.2 Å².